The first-order chi connectivity index (χ1) is 15.0. The zero-order valence-electron chi connectivity index (χ0n) is 16.9. The minimum atomic E-state index is -0.650. The number of anilines is 1. The number of halogens is 1. The fourth-order valence-electron chi connectivity index (χ4n) is 3.35. The van der Waals surface area contributed by atoms with Crippen LogP contribution in [0.5, 0.6) is 11.5 Å². The summed E-state index contributed by atoms with van der Waals surface area (Å²) in [5.74, 6) is 0.477. The number of pyridine rings is 1. The Labute approximate surface area is 176 Å². The average molecular weight is 427 g/mol. The van der Waals surface area contributed by atoms with Crippen molar-refractivity contribution in [1.29, 1.82) is 0 Å². The largest absolute Gasteiger partial charge is 0.456 e. The molecule has 31 heavy (non-hydrogen) atoms. The van der Waals surface area contributed by atoms with Crippen LogP contribution in [0.2, 0.25) is 0 Å². The maximum atomic E-state index is 14.3. The number of hydrogen-bond donors (Lipinski definition) is 2. The molecule has 0 spiro atoms. The van der Waals surface area contributed by atoms with Gasteiger partial charge in [0.05, 0.1) is 6.20 Å². The van der Waals surface area contributed by atoms with Crippen molar-refractivity contribution in [3.63, 3.8) is 0 Å². The van der Waals surface area contributed by atoms with Gasteiger partial charge in [-0.3, -0.25) is 9.97 Å². The zero-order valence-corrected chi connectivity index (χ0v) is 16.9. The number of aryl methyl sites for hydroxylation is 1. The van der Waals surface area contributed by atoms with Gasteiger partial charge in [0.2, 0.25) is 5.95 Å². The number of aromatic amines is 1. The van der Waals surface area contributed by atoms with Crippen molar-refractivity contribution >= 4 is 5.95 Å². The van der Waals surface area contributed by atoms with Crippen LogP contribution in [0.15, 0.2) is 46.1 Å². The first-order valence-corrected chi connectivity index (χ1v) is 9.93. The van der Waals surface area contributed by atoms with E-state index in [1.165, 1.54) is 18.2 Å². The molecule has 1 aliphatic rings. The van der Waals surface area contributed by atoms with E-state index in [9.17, 15) is 14.0 Å². The molecule has 0 saturated carbocycles. The van der Waals surface area contributed by atoms with Gasteiger partial charge in [-0.1, -0.05) is 0 Å². The standard InChI is InChI=1S/C21H22FN5O4/c1-13-2-3-17(12-23-13)31-16-4-5-18(22)14(10-16)11-24-19-25-20(28)27(21(29)26-19)15-6-8-30-9-7-15/h2-5,10,12,15H,6-9,11H2,1H3,(H2,24,25,26,28,29). The predicted octanol–water partition coefficient (Wildman–Crippen LogP) is 2.53. The summed E-state index contributed by atoms with van der Waals surface area (Å²) in [5.41, 5.74) is -0.0631. The van der Waals surface area contributed by atoms with Crippen LogP contribution in [0.3, 0.4) is 0 Å². The van der Waals surface area contributed by atoms with E-state index in [1.807, 2.05) is 13.0 Å². The van der Waals surface area contributed by atoms with Crippen LogP contribution < -0.4 is 21.4 Å². The lowest BCUT2D eigenvalue weighted by molar-refractivity contribution is 0.0670. The molecule has 162 valence electrons. The Morgan fingerprint density at radius 1 is 1.23 bits per heavy atom. The highest BCUT2D eigenvalue weighted by molar-refractivity contribution is 5.36. The number of ether oxygens (including phenoxy) is 2. The van der Waals surface area contributed by atoms with Crippen LogP contribution >= 0.6 is 0 Å². The molecule has 1 fully saturated rings. The fourth-order valence-corrected chi connectivity index (χ4v) is 3.35. The monoisotopic (exact) mass is 427 g/mol. The van der Waals surface area contributed by atoms with E-state index in [0.29, 0.717) is 37.6 Å². The molecule has 0 radical (unpaired) electrons. The van der Waals surface area contributed by atoms with Crippen molar-refractivity contribution in [2.24, 2.45) is 0 Å². The second kappa shape index (κ2) is 9.09. The maximum absolute atomic E-state index is 14.3. The number of H-pyrrole nitrogens is 1. The average Bonchev–Trinajstić information content (AvgIpc) is 2.76. The van der Waals surface area contributed by atoms with Gasteiger partial charge in [0.1, 0.15) is 17.3 Å². The predicted molar refractivity (Wildman–Crippen MR) is 111 cm³/mol. The van der Waals surface area contributed by atoms with E-state index in [-0.39, 0.29) is 24.1 Å². The van der Waals surface area contributed by atoms with Gasteiger partial charge in [0.15, 0.2) is 0 Å². The molecule has 3 heterocycles. The van der Waals surface area contributed by atoms with Gasteiger partial charge >= 0.3 is 11.4 Å². The van der Waals surface area contributed by atoms with E-state index in [1.54, 1.807) is 12.3 Å². The van der Waals surface area contributed by atoms with E-state index in [2.05, 4.69) is 20.3 Å². The van der Waals surface area contributed by atoms with Gasteiger partial charge < -0.3 is 14.8 Å². The van der Waals surface area contributed by atoms with E-state index in [4.69, 9.17) is 9.47 Å². The van der Waals surface area contributed by atoms with Crippen LogP contribution in [0.25, 0.3) is 0 Å². The number of hydrogen-bond acceptors (Lipinski definition) is 7. The summed E-state index contributed by atoms with van der Waals surface area (Å²) >= 11 is 0. The van der Waals surface area contributed by atoms with Crippen molar-refractivity contribution in [1.82, 2.24) is 19.5 Å². The first kappa shape index (κ1) is 20.7. The van der Waals surface area contributed by atoms with Crippen LogP contribution in [-0.4, -0.2) is 32.7 Å². The molecule has 2 N–H and O–H groups in total. The molecule has 3 aromatic rings. The lowest BCUT2D eigenvalue weighted by atomic mass is 10.1. The van der Waals surface area contributed by atoms with Gasteiger partial charge in [-0.05, 0) is 50.1 Å². The highest BCUT2D eigenvalue weighted by Crippen LogP contribution is 2.23. The normalized spacial score (nSPS) is 14.4. The van der Waals surface area contributed by atoms with Crippen molar-refractivity contribution < 1.29 is 13.9 Å². The zero-order chi connectivity index (χ0) is 21.8. The van der Waals surface area contributed by atoms with Crippen molar-refractivity contribution in [3.8, 4) is 11.5 Å². The third-order valence-electron chi connectivity index (χ3n) is 5.00. The summed E-state index contributed by atoms with van der Waals surface area (Å²) in [5, 5.41) is 2.80. The number of aromatic nitrogens is 4. The molecule has 0 bridgehead atoms. The van der Waals surface area contributed by atoms with Gasteiger partial charge in [-0.15, -0.1) is 0 Å². The Balaban J connectivity index is 1.48. The van der Waals surface area contributed by atoms with Crippen molar-refractivity contribution in [2.45, 2.75) is 32.4 Å². The highest BCUT2D eigenvalue weighted by atomic mass is 19.1. The van der Waals surface area contributed by atoms with Gasteiger partial charge in [-0.2, -0.15) is 4.98 Å². The quantitative estimate of drug-likeness (QED) is 0.622. The molecular weight excluding hydrogens is 405 g/mol. The maximum Gasteiger partial charge on any atom is 0.355 e. The van der Waals surface area contributed by atoms with Gasteiger partial charge in [0.25, 0.3) is 0 Å². The third-order valence-corrected chi connectivity index (χ3v) is 5.00. The summed E-state index contributed by atoms with van der Waals surface area (Å²) in [6, 6.07) is 7.66. The summed E-state index contributed by atoms with van der Waals surface area (Å²) in [7, 11) is 0. The molecule has 0 atom stereocenters. The fraction of sp³-hybridized carbons (Fsp3) is 0.333. The molecule has 0 amide bonds. The minimum absolute atomic E-state index is 0.00115. The minimum Gasteiger partial charge on any atom is -0.456 e. The Bertz CT molecular complexity index is 1140. The smallest absolute Gasteiger partial charge is 0.355 e. The highest BCUT2D eigenvalue weighted by Gasteiger charge is 2.20. The molecule has 0 unspecified atom stereocenters. The van der Waals surface area contributed by atoms with E-state index >= 15 is 0 Å². The van der Waals surface area contributed by atoms with E-state index < -0.39 is 17.2 Å². The summed E-state index contributed by atoms with van der Waals surface area (Å²) in [6.07, 6.45) is 2.73. The van der Waals surface area contributed by atoms with Crippen LogP contribution in [-0.2, 0) is 11.3 Å². The Morgan fingerprint density at radius 3 is 2.71 bits per heavy atom. The van der Waals surface area contributed by atoms with Crippen molar-refractivity contribution in [2.75, 3.05) is 18.5 Å². The molecule has 4 rings (SSSR count). The SMILES string of the molecule is Cc1ccc(Oc2ccc(F)c(CNc3nc(=O)n(C4CCOCC4)c(=O)[nH]3)c2)cn1. The molecule has 9 nitrogen and oxygen atoms in total. The number of benzene rings is 1. The Morgan fingerprint density at radius 2 is 2.00 bits per heavy atom. The molecule has 2 aromatic heterocycles. The summed E-state index contributed by atoms with van der Waals surface area (Å²) in [6.45, 7) is 2.85. The molecule has 1 aliphatic heterocycles. The first-order valence-electron chi connectivity index (χ1n) is 9.93. The lowest BCUT2D eigenvalue weighted by Gasteiger charge is -2.22. The Kier molecular flexibility index (Phi) is 6.08. The molecule has 10 heteroatoms. The van der Waals surface area contributed by atoms with Crippen LogP contribution in [0, 0.1) is 12.7 Å². The summed E-state index contributed by atoms with van der Waals surface area (Å²) < 4.78 is 26.3. The summed E-state index contributed by atoms with van der Waals surface area (Å²) in [4.78, 5) is 35.4. The van der Waals surface area contributed by atoms with Gasteiger partial charge in [0, 0.05) is 37.1 Å². The topological polar surface area (TPSA) is 111 Å². The third kappa shape index (κ3) is 4.97. The second-order valence-corrected chi connectivity index (χ2v) is 7.23. The molecule has 1 aromatic carbocycles. The van der Waals surface area contributed by atoms with Crippen LogP contribution in [0.4, 0.5) is 10.3 Å². The van der Waals surface area contributed by atoms with Gasteiger partial charge in [-0.25, -0.2) is 18.5 Å². The number of rotatable bonds is 6. The van der Waals surface area contributed by atoms with Crippen LogP contribution in [0.1, 0.15) is 30.1 Å². The number of nitrogens with zero attached hydrogens (tertiary/aromatic N) is 3. The molecular formula is C21H22FN5O4. The number of nitrogens with one attached hydrogen (secondary N) is 2. The van der Waals surface area contributed by atoms with E-state index in [0.717, 1.165) is 10.3 Å². The Hall–Kier alpha value is -3.53. The molecule has 0 aliphatic carbocycles. The molecule has 1 saturated heterocycles. The second-order valence-electron chi connectivity index (χ2n) is 7.23. The van der Waals surface area contributed by atoms with Crippen molar-refractivity contribution in [3.05, 3.63) is 74.6 Å². The lowest BCUT2D eigenvalue weighted by Crippen LogP contribution is -2.42.